The molecule has 0 atom stereocenters. The highest BCUT2D eigenvalue weighted by Crippen LogP contribution is 2.23. The highest BCUT2D eigenvalue weighted by Gasteiger charge is 2.16. The van der Waals surface area contributed by atoms with Crippen molar-refractivity contribution in [2.75, 3.05) is 5.32 Å². The van der Waals surface area contributed by atoms with Gasteiger partial charge in [0.2, 0.25) is 0 Å². The third-order valence-corrected chi connectivity index (χ3v) is 5.35. The lowest BCUT2D eigenvalue weighted by Crippen LogP contribution is -2.23. The van der Waals surface area contributed by atoms with Crippen LogP contribution in [0.5, 0.6) is 0 Å². The Morgan fingerprint density at radius 1 is 1.12 bits per heavy atom. The molecule has 0 unspecified atom stereocenters. The van der Waals surface area contributed by atoms with Crippen LogP contribution in [-0.4, -0.2) is 21.8 Å². The molecule has 0 fully saturated rings. The molecule has 2 amide bonds. The zero-order valence-electron chi connectivity index (χ0n) is 13.5. The number of aromatic nitrogens is 2. The number of aryl methyl sites for hydroxylation is 1. The zero-order valence-corrected chi connectivity index (χ0v) is 15.1. The van der Waals surface area contributed by atoms with E-state index < -0.39 is 0 Å². The monoisotopic (exact) mass is 372 g/mol. The van der Waals surface area contributed by atoms with Crippen LogP contribution in [0.4, 0.5) is 5.69 Å². The summed E-state index contributed by atoms with van der Waals surface area (Å²) in [6.45, 7) is 2.41. The Bertz CT molecular complexity index is 874. The minimum Gasteiger partial charge on any atom is -0.346 e. The Labute approximate surface area is 153 Å². The third-order valence-electron chi connectivity index (χ3n) is 3.39. The van der Waals surface area contributed by atoms with Gasteiger partial charge < -0.3 is 10.6 Å². The summed E-state index contributed by atoms with van der Waals surface area (Å²) in [6, 6.07) is 4.96. The lowest BCUT2D eigenvalue weighted by atomic mass is 10.2. The first-order chi connectivity index (χ1) is 12.2. The van der Waals surface area contributed by atoms with Gasteiger partial charge in [0.1, 0.15) is 4.88 Å². The molecule has 128 valence electrons. The van der Waals surface area contributed by atoms with Crippen LogP contribution >= 0.6 is 22.7 Å². The average Bonchev–Trinajstić information content (AvgIpc) is 3.29. The van der Waals surface area contributed by atoms with E-state index in [1.807, 2.05) is 12.3 Å². The fourth-order valence-corrected chi connectivity index (χ4v) is 3.64. The predicted octanol–water partition coefficient (Wildman–Crippen LogP) is 3.34. The van der Waals surface area contributed by atoms with Crippen molar-refractivity contribution in [2.24, 2.45) is 0 Å². The van der Waals surface area contributed by atoms with Crippen molar-refractivity contribution >= 4 is 40.2 Å². The van der Waals surface area contributed by atoms with Gasteiger partial charge in [-0.3, -0.25) is 14.6 Å². The normalized spacial score (nSPS) is 10.4. The summed E-state index contributed by atoms with van der Waals surface area (Å²) in [5.41, 5.74) is 1.83. The lowest BCUT2D eigenvalue weighted by Gasteiger charge is -2.07. The van der Waals surface area contributed by atoms with Crippen LogP contribution in [-0.2, 0) is 13.0 Å². The number of carbonyl (C=O) groups excluding carboxylic acids is 2. The van der Waals surface area contributed by atoms with Gasteiger partial charge in [0.25, 0.3) is 11.8 Å². The van der Waals surface area contributed by atoms with Crippen LogP contribution in [0.3, 0.4) is 0 Å². The van der Waals surface area contributed by atoms with Crippen molar-refractivity contribution in [2.45, 2.75) is 19.9 Å². The van der Waals surface area contributed by atoms with E-state index >= 15 is 0 Å². The van der Waals surface area contributed by atoms with Crippen LogP contribution in [0.2, 0.25) is 0 Å². The summed E-state index contributed by atoms with van der Waals surface area (Å²) in [5, 5.41) is 10.4. The maximum Gasteiger partial charge on any atom is 0.263 e. The van der Waals surface area contributed by atoms with Crippen LogP contribution in [0.1, 0.15) is 37.7 Å². The molecule has 0 saturated carbocycles. The second kappa shape index (κ2) is 8.00. The van der Waals surface area contributed by atoms with Crippen molar-refractivity contribution in [1.29, 1.82) is 0 Å². The molecule has 0 aromatic carbocycles. The number of thiazole rings is 1. The Balaban J connectivity index is 1.64. The van der Waals surface area contributed by atoms with E-state index in [-0.39, 0.29) is 11.8 Å². The number of carbonyl (C=O) groups is 2. The Morgan fingerprint density at radius 3 is 2.64 bits per heavy atom. The molecule has 25 heavy (non-hydrogen) atoms. The maximum atomic E-state index is 12.4. The molecule has 0 aliphatic heterocycles. The highest BCUT2D eigenvalue weighted by molar-refractivity contribution is 7.12. The van der Waals surface area contributed by atoms with Crippen LogP contribution in [0, 0.1) is 0 Å². The zero-order chi connectivity index (χ0) is 17.6. The molecule has 0 spiro atoms. The minimum atomic E-state index is -0.276. The summed E-state index contributed by atoms with van der Waals surface area (Å²) >= 11 is 2.87. The Hall–Kier alpha value is -2.58. The SMILES string of the molecule is CCc1nc(CNC(=O)c2sccc2NC(=O)c2ccncc2)cs1. The van der Waals surface area contributed by atoms with Gasteiger partial charge >= 0.3 is 0 Å². The molecule has 0 aliphatic rings. The summed E-state index contributed by atoms with van der Waals surface area (Å²) in [6.07, 6.45) is 3.98. The molecule has 3 aromatic heterocycles. The first-order valence-electron chi connectivity index (χ1n) is 7.67. The number of rotatable bonds is 6. The smallest absolute Gasteiger partial charge is 0.263 e. The van der Waals surface area contributed by atoms with Crippen LogP contribution < -0.4 is 10.6 Å². The Morgan fingerprint density at radius 2 is 1.92 bits per heavy atom. The number of thiophene rings is 1. The summed E-state index contributed by atoms with van der Waals surface area (Å²) in [7, 11) is 0. The van der Waals surface area contributed by atoms with Gasteiger partial charge in [-0.2, -0.15) is 0 Å². The number of amides is 2. The molecular formula is C17H16N4O2S2. The van der Waals surface area contributed by atoms with Crippen molar-refractivity contribution in [3.05, 3.63) is 62.5 Å². The van der Waals surface area contributed by atoms with E-state index in [1.165, 1.54) is 11.3 Å². The summed E-state index contributed by atoms with van der Waals surface area (Å²) < 4.78 is 0. The quantitative estimate of drug-likeness (QED) is 0.695. The molecule has 8 heteroatoms. The van der Waals surface area contributed by atoms with E-state index in [9.17, 15) is 9.59 Å². The van der Waals surface area contributed by atoms with Crippen molar-refractivity contribution in [3.8, 4) is 0 Å². The van der Waals surface area contributed by atoms with E-state index in [1.54, 1.807) is 47.3 Å². The average molecular weight is 372 g/mol. The summed E-state index contributed by atoms with van der Waals surface area (Å²) in [4.78, 5) is 33.4. The molecule has 3 aromatic rings. The third kappa shape index (κ3) is 4.28. The first-order valence-corrected chi connectivity index (χ1v) is 9.43. The Kier molecular flexibility index (Phi) is 5.52. The number of anilines is 1. The number of hydrogen-bond donors (Lipinski definition) is 2. The lowest BCUT2D eigenvalue weighted by molar-refractivity contribution is 0.0955. The van der Waals surface area contributed by atoms with E-state index in [4.69, 9.17) is 0 Å². The standard InChI is InChI=1S/C17H16N4O2S2/c1-2-14-20-12(10-25-14)9-19-17(23)15-13(5-8-24-15)21-16(22)11-3-6-18-7-4-11/h3-8,10H,2,9H2,1H3,(H,19,23)(H,21,22). The maximum absolute atomic E-state index is 12.4. The fourth-order valence-electron chi connectivity index (χ4n) is 2.12. The molecule has 0 radical (unpaired) electrons. The molecule has 3 rings (SSSR count). The van der Waals surface area contributed by atoms with Gasteiger partial charge in [-0.05, 0) is 30.0 Å². The largest absolute Gasteiger partial charge is 0.346 e. The van der Waals surface area contributed by atoms with Gasteiger partial charge in [-0.25, -0.2) is 4.98 Å². The fraction of sp³-hybridized carbons (Fsp3) is 0.176. The van der Waals surface area contributed by atoms with Crippen molar-refractivity contribution in [1.82, 2.24) is 15.3 Å². The van der Waals surface area contributed by atoms with E-state index in [0.29, 0.717) is 22.7 Å². The van der Waals surface area contributed by atoms with Gasteiger partial charge in [0.15, 0.2) is 0 Å². The number of nitrogens with one attached hydrogen (secondary N) is 2. The topological polar surface area (TPSA) is 84.0 Å². The second-order valence-electron chi connectivity index (χ2n) is 5.12. The van der Waals surface area contributed by atoms with Crippen LogP contribution in [0.25, 0.3) is 0 Å². The number of hydrogen-bond acceptors (Lipinski definition) is 6. The first kappa shape index (κ1) is 17.2. The number of nitrogens with zero attached hydrogens (tertiary/aromatic N) is 2. The van der Waals surface area contributed by atoms with Gasteiger partial charge in [0, 0.05) is 23.3 Å². The molecular weight excluding hydrogens is 356 g/mol. The second-order valence-corrected chi connectivity index (χ2v) is 6.98. The molecule has 0 aliphatic carbocycles. The van der Waals surface area contributed by atoms with Gasteiger partial charge in [-0.15, -0.1) is 22.7 Å². The molecule has 2 N–H and O–H groups in total. The minimum absolute atomic E-state index is 0.230. The van der Waals surface area contributed by atoms with Gasteiger partial charge in [-0.1, -0.05) is 6.92 Å². The van der Waals surface area contributed by atoms with E-state index in [0.717, 1.165) is 17.1 Å². The number of pyridine rings is 1. The molecule has 0 bridgehead atoms. The predicted molar refractivity (Wildman–Crippen MR) is 99.2 cm³/mol. The molecule has 3 heterocycles. The summed E-state index contributed by atoms with van der Waals surface area (Å²) in [5.74, 6) is -0.506. The van der Waals surface area contributed by atoms with E-state index in [2.05, 4.69) is 20.6 Å². The van der Waals surface area contributed by atoms with Crippen molar-refractivity contribution in [3.63, 3.8) is 0 Å². The van der Waals surface area contributed by atoms with Crippen molar-refractivity contribution < 1.29 is 9.59 Å². The molecule has 0 saturated heterocycles. The molecule has 6 nitrogen and oxygen atoms in total. The van der Waals surface area contributed by atoms with Crippen LogP contribution in [0.15, 0.2) is 41.4 Å². The highest BCUT2D eigenvalue weighted by atomic mass is 32.1. The van der Waals surface area contributed by atoms with Gasteiger partial charge in [0.05, 0.1) is 22.9 Å².